The quantitative estimate of drug-likeness (QED) is 0.741. The maximum absolute atomic E-state index is 12.7. The molecule has 1 aromatic carbocycles. The molecule has 1 aliphatic rings. The van der Waals surface area contributed by atoms with Crippen molar-refractivity contribution in [2.45, 2.75) is 18.9 Å². The van der Waals surface area contributed by atoms with Crippen molar-refractivity contribution in [3.63, 3.8) is 0 Å². The number of rotatable bonds is 6. The van der Waals surface area contributed by atoms with Gasteiger partial charge in [0.2, 0.25) is 0 Å². The SMILES string of the molecule is COc1ccccc1[C@H]1OC(=O)C[C@H]1C(=O)OCCC(F)=C(F)F. The molecule has 0 spiro atoms. The molecule has 0 aromatic heterocycles. The summed E-state index contributed by atoms with van der Waals surface area (Å²) in [6.45, 7) is -0.550. The molecular weight excluding hydrogens is 329 g/mol. The Hall–Kier alpha value is -2.51. The van der Waals surface area contributed by atoms with Crippen molar-refractivity contribution in [3.8, 4) is 5.75 Å². The van der Waals surface area contributed by atoms with Crippen molar-refractivity contribution in [1.82, 2.24) is 0 Å². The number of esters is 2. The monoisotopic (exact) mass is 344 g/mol. The average Bonchev–Trinajstić information content (AvgIpc) is 2.96. The van der Waals surface area contributed by atoms with Gasteiger partial charge in [-0.05, 0) is 6.07 Å². The third-order valence-corrected chi connectivity index (χ3v) is 3.53. The van der Waals surface area contributed by atoms with Crippen LogP contribution in [0.2, 0.25) is 0 Å². The van der Waals surface area contributed by atoms with Crippen molar-refractivity contribution >= 4 is 11.9 Å². The van der Waals surface area contributed by atoms with Crippen LogP contribution in [0.4, 0.5) is 13.2 Å². The highest BCUT2D eigenvalue weighted by Gasteiger charge is 2.43. The molecule has 0 amide bonds. The first kappa shape index (κ1) is 17.8. The number of methoxy groups -OCH3 is 1. The second kappa shape index (κ2) is 7.85. The third-order valence-electron chi connectivity index (χ3n) is 3.53. The van der Waals surface area contributed by atoms with Crippen molar-refractivity contribution in [2.24, 2.45) is 5.92 Å². The summed E-state index contributed by atoms with van der Waals surface area (Å²) in [5.74, 6) is -3.56. The third kappa shape index (κ3) is 4.06. The van der Waals surface area contributed by atoms with E-state index in [1.54, 1.807) is 24.3 Å². The molecule has 1 aliphatic heterocycles. The molecule has 1 aromatic rings. The minimum atomic E-state index is -2.45. The Labute approximate surface area is 136 Å². The molecule has 8 heteroatoms. The van der Waals surface area contributed by atoms with Gasteiger partial charge in [0.15, 0.2) is 5.83 Å². The van der Waals surface area contributed by atoms with Crippen molar-refractivity contribution in [3.05, 3.63) is 41.7 Å². The topological polar surface area (TPSA) is 61.8 Å². The van der Waals surface area contributed by atoms with E-state index in [0.717, 1.165) is 0 Å². The zero-order valence-electron chi connectivity index (χ0n) is 12.8. The number of ether oxygens (including phenoxy) is 3. The fourth-order valence-corrected chi connectivity index (χ4v) is 2.39. The van der Waals surface area contributed by atoms with Crippen LogP contribution in [0.5, 0.6) is 5.75 Å². The fraction of sp³-hybridized carbons (Fsp3) is 0.375. The Kier molecular flexibility index (Phi) is 5.83. The van der Waals surface area contributed by atoms with Crippen LogP contribution in [0.3, 0.4) is 0 Å². The highest BCUT2D eigenvalue weighted by atomic mass is 19.3. The van der Waals surface area contributed by atoms with E-state index in [0.29, 0.717) is 11.3 Å². The summed E-state index contributed by atoms with van der Waals surface area (Å²) in [6.07, 6.45) is -4.29. The molecule has 2 rings (SSSR count). The van der Waals surface area contributed by atoms with Crippen molar-refractivity contribution in [2.75, 3.05) is 13.7 Å². The van der Waals surface area contributed by atoms with E-state index in [1.165, 1.54) is 7.11 Å². The van der Waals surface area contributed by atoms with Gasteiger partial charge in [-0.2, -0.15) is 8.78 Å². The van der Waals surface area contributed by atoms with Gasteiger partial charge in [0.1, 0.15) is 17.8 Å². The second-order valence-electron chi connectivity index (χ2n) is 5.05. The van der Waals surface area contributed by atoms with E-state index < -0.39 is 48.9 Å². The summed E-state index contributed by atoms with van der Waals surface area (Å²) in [6, 6.07) is 6.70. The molecular formula is C16H15F3O5. The summed E-state index contributed by atoms with van der Waals surface area (Å²) in [4.78, 5) is 23.7. The number of halogens is 3. The van der Waals surface area contributed by atoms with E-state index in [1.807, 2.05) is 0 Å². The molecule has 1 heterocycles. The normalized spacial score (nSPS) is 19.6. The maximum atomic E-state index is 12.7. The smallest absolute Gasteiger partial charge is 0.313 e. The van der Waals surface area contributed by atoms with Crippen LogP contribution in [-0.4, -0.2) is 25.7 Å². The van der Waals surface area contributed by atoms with Crippen LogP contribution in [-0.2, 0) is 19.1 Å². The summed E-state index contributed by atoms with van der Waals surface area (Å²) in [7, 11) is 1.43. The summed E-state index contributed by atoms with van der Waals surface area (Å²) in [5.41, 5.74) is 0.494. The Morgan fingerprint density at radius 1 is 1.29 bits per heavy atom. The maximum Gasteiger partial charge on any atom is 0.313 e. The Morgan fingerprint density at radius 3 is 2.67 bits per heavy atom. The van der Waals surface area contributed by atoms with Gasteiger partial charge in [-0.3, -0.25) is 9.59 Å². The average molecular weight is 344 g/mol. The Morgan fingerprint density at radius 2 is 2.00 bits per heavy atom. The number of hydrogen-bond donors (Lipinski definition) is 0. The number of carbonyl (C=O) groups excluding carboxylic acids is 2. The lowest BCUT2D eigenvalue weighted by Gasteiger charge is -2.19. The van der Waals surface area contributed by atoms with Crippen LogP contribution in [0.15, 0.2) is 36.2 Å². The molecule has 1 fully saturated rings. The first-order valence-corrected chi connectivity index (χ1v) is 7.12. The van der Waals surface area contributed by atoms with E-state index in [4.69, 9.17) is 14.2 Å². The molecule has 2 atom stereocenters. The molecule has 0 radical (unpaired) electrons. The van der Waals surface area contributed by atoms with E-state index in [9.17, 15) is 22.8 Å². The van der Waals surface area contributed by atoms with Gasteiger partial charge in [0.05, 0.1) is 20.1 Å². The fourth-order valence-electron chi connectivity index (χ4n) is 2.39. The number of cyclic esters (lactones) is 1. The molecule has 0 N–H and O–H groups in total. The summed E-state index contributed by atoms with van der Waals surface area (Å²) in [5, 5.41) is 0. The first-order chi connectivity index (χ1) is 11.4. The van der Waals surface area contributed by atoms with Gasteiger partial charge < -0.3 is 14.2 Å². The highest BCUT2D eigenvalue weighted by Crippen LogP contribution is 2.40. The molecule has 1 saturated heterocycles. The van der Waals surface area contributed by atoms with E-state index in [2.05, 4.69) is 0 Å². The molecule has 0 unspecified atom stereocenters. The number of hydrogen-bond acceptors (Lipinski definition) is 5. The molecule has 24 heavy (non-hydrogen) atoms. The summed E-state index contributed by atoms with van der Waals surface area (Å²) < 4.78 is 51.8. The molecule has 130 valence electrons. The minimum absolute atomic E-state index is 0.211. The van der Waals surface area contributed by atoms with Crippen LogP contribution in [0, 0.1) is 5.92 Å². The zero-order chi connectivity index (χ0) is 17.7. The van der Waals surface area contributed by atoms with Crippen LogP contribution < -0.4 is 4.74 Å². The lowest BCUT2D eigenvalue weighted by Crippen LogP contribution is -2.22. The van der Waals surface area contributed by atoms with Crippen LogP contribution in [0.1, 0.15) is 24.5 Å². The second-order valence-corrected chi connectivity index (χ2v) is 5.05. The molecule has 0 saturated carbocycles. The first-order valence-electron chi connectivity index (χ1n) is 7.12. The highest BCUT2D eigenvalue weighted by molar-refractivity contribution is 5.84. The van der Waals surface area contributed by atoms with E-state index in [-0.39, 0.29) is 6.42 Å². The predicted molar refractivity (Wildman–Crippen MR) is 75.9 cm³/mol. The largest absolute Gasteiger partial charge is 0.496 e. The van der Waals surface area contributed by atoms with E-state index >= 15 is 0 Å². The van der Waals surface area contributed by atoms with Gasteiger partial charge in [0.25, 0.3) is 0 Å². The number of carbonyl (C=O) groups is 2. The molecule has 0 bridgehead atoms. The lowest BCUT2D eigenvalue weighted by molar-refractivity contribution is -0.150. The van der Waals surface area contributed by atoms with Gasteiger partial charge in [-0.15, -0.1) is 0 Å². The lowest BCUT2D eigenvalue weighted by atomic mass is 9.94. The van der Waals surface area contributed by atoms with Crippen molar-refractivity contribution < 1.29 is 37.0 Å². The molecule has 0 aliphatic carbocycles. The number of benzene rings is 1. The van der Waals surface area contributed by atoms with Gasteiger partial charge in [0, 0.05) is 12.0 Å². The molecule has 5 nitrogen and oxygen atoms in total. The minimum Gasteiger partial charge on any atom is -0.496 e. The summed E-state index contributed by atoms with van der Waals surface area (Å²) >= 11 is 0. The van der Waals surface area contributed by atoms with Gasteiger partial charge in [-0.1, -0.05) is 18.2 Å². The number of para-hydroxylation sites is 1. The van der Waals surface area contributed by atoms with Crippen LogP contribution >= 0.6 is 0 Å². The standard InChI is InChI=1S/C16H15F3O5/c1-22-12-5-3-2-4-9(12)14-10(8-13(20)24-14)16(21)23-7-6-11(17)15(18)19/h2-5,10,14H,6-8H2,1H3/t10-,14-/m1/s1. The van der Waals surface area contributed by atoms with Crippen LogP contribution in [0.25, 0.3) is 0 Å². The Bertz CT molecular complexity index is 655. The predicted octanol–water partition coefficient (Wildman–Crippen LogP) is 3.31. The van der Waals surface area contributed by atoms with Crippen molar-refractivity contribution in [1.29, 1.82) is 0 Å². The Balaban J connectivity index is 2.08. The zero-order valence-corrected chi connectivity index (χ0v) is 12.8. The van der Waals surface area contributed by atoms with Gasteiger partial charge >= 0.3 is 18.0 Å². The van der Waals surface area contributed by atoms with Gasteiger partial charge in [-0.25, -0.2) is 4.39 Å².